The summed E-state index contributed by atoms with van der Waals surface area (Å²) < 4.78 is 63.5. The van der Waals surface area contributed by atoms with Gasteiger partial charge in [-0.15, -0.1) is 0 Å². The summed E-state index contributed by atoms with van der Waals surface area (Å²) in [6, 6.07) is 3.24. The molecule has 0 aliphatic carbocycles. The van der Waals surface area contributed by atoms with E-state index >= 15 is 0 Å². The van der Waals surface area contributed by atoms with Crippen LogP contribution in [-0.2, 0) is 21.4 Å². The molecule has 0 saturated carbocycles. The summed E-state index contributed by atoms with van der Waals surface area (Å²) in [5.74, 6) is -3.27. The maximum Gasteiger partial charge on any atom is 0.315 e. The summed E-state index contributed by atoms with van der Waals surface area (Å²) in [5.41, 5.74) is -0.0773. The highest BCUT2D eigenvalue weighted by atomic mass is 32.2. The molecule has 12 heteroatoms. The molecule has 1 heterocycles. The molecule has 1 aromatic heterocycles. The van der Waals surface area contributed by atoms with Gasteiger partial charge in [0, 0.05) is 11.1 Å². The Balaban J connectivity index is 2.19. The summed E-state index contributed by atoms with van der Waals surface area (Å²) >= 11 is 0. The molecule has 0 aliphatic heterocycles. The summed E-state index contributed by atoms with van der Waals surface area (Å²) in [6.45, 7) is -1.10. The van der Waals surface area contributed by atoms with E-state index in [1.807, 2.05) is 0 Å². The fourth-order valence-corrected chi connectivity index (χ4v) is 3.02. The molecule has 0 unspecified atom stereocenters. The third-order valence-corrected chi connectivity index (χ3v) is 4.69. The van der Waals surface area contributed by atoms with E-state index in [9.17, 15) is 31.2 Å². The molecule has 0 aliphatic rings. The first-order valence-electron chi connectivity index (χ1n) is 7.70. The van der Waals surface area contributed by atoms with E-state index in [2.05, 4.69) is 9.97 Å². The second-order valence-corrected chi connectivity index (χ2v) is 7.52. The third kappa shape index (κ3) is 5.49. The number of halogens is 3. The predicted molar refractivity (Wildman–Crippen MR) is 92.8 cm³/mol. The highest BCUT2D eigenvalue weighted by Gasteiger charge is 2.21. The number of nitrogens with zero attached hydrogens (tertiary/aromatic N) is 3. The second-order valence-electron chi connectivity index (χ2n) is 5.61. The smallest absolute Gasteiger partial charge is 0.315 e. The van der Waals surface area contributed by atoms with Gasteiger partial charge in [0.2, 0.25) is 10.0 Å². The number of Topliss-reactive ketones (excluding diaryl/α,β-unsaturated/α-hetero) is 1. The van der Waals surface area contributed by atoms with Gasteiger partial charge in [-0.1, -0.05) is 12.1 Å². The quantitative estimate of drug-likeness (QED) is 0.647. The maximum atomic E-state index is 14.4. The predicted octanol–water partition coefficient (Wildman–Crippen LogP) is 1.15. The highest BCUT2D eigenvalue weighted by molar-refractivity contribution is 7.92. The average Bonchev–Trinajstić information content (AvgIpc) is 2.64. The van der Waals surface area contributed by atoms with Gasteiger partial charge in [-0.05, 0) is 6.07 Å². The standard InChI is InChI=1S/C16H15F3N4O4S/c1-28(26,27)23(12-5-20-9-21-6-12)8-11-3-2-10(4-13(11)17)14(24)7-22-16(25)15(18)19/h2-6,9,15H,7-8H2,1H3,(H,22,25). The second kappa shape index (κ2) is 8.78. The zero-order valence-electron chi connectivity index (χ0n) is 14.5. The molecule has 0 spiro atoms. The summed E-state index contributed by atoms with van der Waals surface area (Å²) in [6.07, 6.45) is 1.36. The first-order chi connectivity index (χ1) is 13.1. The molecule has 2 rings (SSSR count). The zero-order valence-corrected chi connectivity index (χ0v) is 15.3. The number of carbonyl (C=O) groups excluding carboxylic acids is 2. The molecule has 2 aromatic rings. The number of benzene rings is 1. The Morgan fingerprint density at radius 3 is 2.39 bits per heavy atom. The van der Waals surface area contributed by atoms with E-state index in [0.29, 0.717) is 0 Å². The lowest BCUT2D eigenvalue weighted by Gasteiger charge is -2.22. The number of amides is 1. The number of hydrogen-bond acceptors (Lipinski definition) is 6. The van der Waals surface area contributed by atoms with Crippen LogP contribution in [0.4, 0.5) is 18.9 Å². The summed E-state index contributed by atoms with van der Waals surface area (Å²) in [4.78, 5) is 30.1. The molecule has 1 N–H and O–H groups in total. The van der Waals surface area contributed by atoms with Gasteiger partial charge in [-0.3, -0.25) is 13.9 Å². The Morgan fingerprint density at radius 1 is 1.21 bits per heavy atom. The fourth-order valence-electron chi connectivity index (χ4n) is 2.17. The van der Waals surface area contributed by atoms with Crippen LogP contribution in [0.1, 0.15) is 15.9 Å². The average molecular weight is 416 g/mol. The molecule has 1 aromatic carbocycles. The van der Waals surface area contributed by atoms with E-state index in [1.54, 1.807) is 5.32 Å². The molecular formula is C16H15F3N4O4S. The first kappa shape index (κ1) is 21.3. The number of anilines is 1. The van der Waals surface area contributed by atoms with E-state index in [4.69, 9.17) is 0 Å². The van der Waals surface area contributed by atoms with Gasteiger partial charge >= 0.3 is 6.43 Å². The highest BCUT2D eigenvalue weighted by Crippen LogP contribution is 2.20. The van der Waals surface area contributed by atoms with Gasteiger partial charge in [-0.2, -0.15) is 8.78 Å². The number of nitrogens with one attached hydrogen (secondary N) is 1. The largest absolute Gasteiger partial charge is 0.344 e. The number of ketones is 1. The van der Waals surface area contributed by atoms with Gasteiger partial charge in [0.15, 0.2) is 5.78 Å². The van der Waals surface area contributed by atoms with Gasteiger partial charge in [0.25, 0.3) is 5.91 Å². The Kier molecular flexibility index (Phi) is 6.67. The van der Waals surface area contributed by atoms with Crippen LogP contribution in [0.3, 0.4) is 0 Å². The van der Waals surface area contributed by atoms with Gasteiger partial charge in [-0.25, -0.2) is 22.8 Å². The molecule has 1 amide bonds. The van der Waals surface area contributed by atoms with Crippen molar-refractivity contribution in [2.45, 2.75) is 13.0 Å². The van der Waals surface area contributed by atoms with Crippen molar-refractivity contribution in [3.8, 4) is 0 Å². The monoisotopic (exact) mass is 416 g/mol. The van der Waals surface area contributed by atoms with Crippen LogP contribution < -0.4 is 9.62 Å². The van der Waals surface area contributed by atoms with Crippen LogP contribution in [0.2, 0.25) is 0 Å². The van der Waals surface area contributed by atoms with Gasteiger partial charge in [0.05, 0.1) is 37.4 Å². The lowest BCUT2D eigenvalue weighted by Crippen LogP contribution is -2.34. The minimum Gasteiger partial charge on any atom is -0.344 e. The van der Waals surface area contributed by atoms with Crippen LogP contribution in [0.5, 0.6) is 0 Å². The number of carbonyl (C=O) groups is 2. The lowest BCUT2D eigenvalue weighted by atomic mass is 10.1. The third-order valence-electron chi connectivity index (χ3n) is 3.55. The minimum absolute atomic E-state index is 0.0394. The molecule has 8 nitrogen and oxygen atoms in total. The number of aromatic nitrogens is 2. The minimum atomic E-state index is -3.78. The zero-order chi connectivity index (χ0) is 20.9. The fraction of sp³-hybridized carbons (Fsp3) is 0.250. The molecule has 150 valence electrons. The van der Waals surface area contributed by atoms with Crippen molar-refractivity contribution >= 4 is 27.4 Å². The van der Waals surface area contributed by atoms with E-state index in [-0.39, 0.29) is 23.4 Å². The maximum absolute atomic E-state index is 14.4. The molecule has 0 fully saturated rings. The van der Waals surface area contributed by atoms with Crippen molar-refractivity contribution in [2.24, 2.45) is 0 Å². The number of hydrogen-bond donors (Lipinski definition) is 1. The SMILES string of the molecule is CS(=O)(=O)N(Cc1ccc(C(=O)CNC(=O)C(F)F)cc1F)c1cncnc1. The van der Waals surface area contributed by atoms with E-state index in [0.717, 1.165) is 16.6 Å². The van der Waals surface area contributed by atoms with Crippen molar-refractivity contribution < 1.29 is 31.2 Å². The van der Waals surface area contributed by atoms with E-state index < -0.39 is 40.5 Å². The molecule has 0 radical (unpaired) electrons. The topological polar surface area (TPSA) is 109 Å². The molecule has 28 heavy (non-hydrogen) atoms. The number of alkyl halides is 2. The normalized spacial score (nSPS) is 11.3. The lowest BCUT2D eigenvalue weighted by molar-refractivity contribution is -0.131. The summed E-state index contributed by atoms with van der Waals surface area (Å²) in [7, 11) is -3.78. The van der Waals surface area contributed by atoms with Crippen molar-refractivity contribution in [3.63, 3.8) is 0 Å². The molecule has 0 saturated heterocycles. The van der Waals surface area contributed by atoms with Crippen LogP contribution >= 0.6 is 0 Å². The molecule has 0 atom stereocenters. The van der Waals surface area contributed by atoms with E-state index in [1.165, 1.54) is 30.9 Å². The number of sulfonamides is 1. The first-order valence-corrected chi connectivity index (χ1v) is 9.54. The Morgan fingerprint density at radius 2 is 1.86 bits per heavy atom. The number of rotatable bonds is 8. The van der Waals surface area contributed by atoms with Crippen LogP contribution in [0.15, 0.2) is 36.9 Å². The Bertz CT molecular complexity index is 971. The van der Waals surface area contributed by atoms with Crippen molar-refractivity contribution in [2.75, 3.05) is 17.1 Å². The Hall–Kier alpha value is -3.02. The van der Waals surface area contributed by atoms with Crippen molar-refractivity contribution in [3.05, 3.63) is 53.9 Å². The Labute approximate surface area is 158 Å². The molecular weight excluding hydrogens is 401 g/mol. The van der Waals surface area contributed by atoms with Crippen LogP contribution in [0, 0.1) is 5.82 Å². The van der Waals surface area contributed by atoms with Crippen LogP contribution in [-0.4, -0.2) is 49.3 Å². The van der Waals surface area contributed by atoms with Gasteiger partial charge in [0.1, 0.15) is 12.1 Å². The van der Waals surface area contributed by atoms with Crippen molar-refractivity contribution in [1.29, 1.82) is 0 Å². The van der Waals surface area contributed by atoms with Crippen molar-refractivity contribution in [1.82, 2.24) is 15.3 Å². The van der Waals surface area contributed by atoms with Gasteiger partial charge < -0.3 is 5.32 Å². The molecule has 0 bridgehead atoms. The van der Waals surface area contributed by atoms with Crippen LogP contribution in [0.25, 0.3) is 0 Å². The summed E-state index contributed by atoms with van der Waals surface area (Å²) in [5, 5.41) is 1.73.